The average Bonchev–Trinajstić information content (AvgIpc) is 2.78. The summed E-state index contributed by atoms with van der Waals surface area (Å²) in [7, 11) is 2.98. The van der Waals surface area contributed by atoms with E-state index in [4.69, 9.17) is 21.7 Å². The molecule has 1 saturated heterocycles. The number of rotatable bonds is 6. The summed E-state index contributed by atoms with van der Waals surface area (Å²) in [5, 5.41) is 7.68. The fourth-order valence-electron chi connectivity index (χ4n) is 1.31. The Bertz CT molecular complexity index is 424. The molecule has 0 spiro atoms. The molecular formula is C11H18N4O3S2. The van der Waals surface area contributed by atoms with Crippen molar-refractivity contribution in [1.29, 1.82) is 0 Å². The van der Waals surface area contributed by atoms with Crippen LogP contribution in [0.15, 0.2) is 17.8 Å². The van der Waals surface area contributed by atoms with E-state index in [0.717, 1.165) is 0 Å². The number of thioether (sulfide) groups is 1. The van der Waals surface area contributed by atoms with Crippen molar-refractivity contribution in [2.75, 3.05) is 26.5 Å². The average molecular weight is 318 g/mol. The first-order valence-electron chi connectivity index (χ1n) is 5.76. The van der Waals surface area contributed by atoms with E-state index in [9.17, 15) is 4.79 Å². The van der Waals surface area contributed by atoms with Crippen molar-refractivity contribution < 1.29 is 14.3 Å². The molecule has 1 heterocycles. The van der Waals surface area contributed by atoms with Gasteiger partial charge in [0.15, 0.2) is 10.3 Å². The van der Waals surface area contributed by atoms with Gasteiger partial charge in [-0.3, -0.25) is 15.1 Å². The molecule has 1 amide bonds. The van der Waals surface area contributed by atoms with Gasteiger partial charge in [-0.15, -0.1) is 11.7 Å². The lowest BCUT2D eigenvalue weighted by atomic mass is 10.5. The Hall–Kier alpha value is -1.16. The summed E-state index contributed by atoms with van der Waals surface area (Å²) in [6.45, 7) is 5.70. The van der Waals surface area contributed by atoms with Crippen LogP contribution in [0.1, 0.15) is 6.92 Å². The Kier molecular flexibility index (Phi) is 6.40. The zero-order valence-electron chi connectivity index (χ0n) is 11.6. The minimum absolute atomic E-state index is 0.00653. The smallest absolute Gasteiger partial charge is 0.247 e. The number of thiocarbonyl (C=S) groups is 1. The van der Waals surface area contributed by atoms with Crippen LogP contribution in [-0.4, -0.2) is 53.5 Å². The molecule has 112 valence electrons. The first-order valence-corrected chi connectivity index (χ1v) is 7.15. The maximum absolute atomic E-state index is 11.6. The van der Waals surface area contributed by atoms with Gasteiger partial charge in [-0.1, -0.05) is 17.8 Å². The van der Waals surface area contributed by atoms with Crippen LogP contribution >= 0.6 is 24.0 Å². The molecule has 7 nitrogen and oxygen atoms in total. The van der Waals surface area contributed by atoms with Gasteiger partial charge in [0.05, 0.1) is 5.75 Å². The van der Waals surface area contributed by atoms with Gasteiger partial charge in [-0.2, -0.15) is 0 Å². The van der Waals surface area contributed by atoms with E-state index >= 15 is 0 Å². The minimum atomic E-state index is -1.04. The van der Waals surface area contributed by atoms with Crippen LogP contribution in [-0.2, 0) is 14.3 Å². The van der Waals surface area contributed by atoms with Crippen LogP contribution in [0.4, 0.5) is 0 Å². The van der Waals surface area contributed by atoms with Crippen molar-refractivity contribution in [1.82, 2.24) is 15.6 Å². The van der Waals surface area contributed by atoms with Gasteiger partial charge in [-0.05, 0) is 12.2 Å². The molecule has 0 radical (unpaired) electrons. The van der Waals surface area contributed by atoms with E-state index in [0.29, 0.717) is 17.5 Å². The minimum Gasteiger partial charge on any atom is -0.336 e. The molecule has 0 unspecified atom stereocenters. The maximum Gasteiger partial charge on any atom is 0.247 e. The molecule has 20 heavy (non-hydrogen) atoms. The highest BCUT2D eigenvalue weighted by molar-refractivity contribution is 8.15. The number of hydrazone groups is 1. The molecule has 0 aromatic rings. The third-order valence-electron chi connectivity index (χ3n) is 2.54. The monoisotopic (exact) mass is 318 g/mol. The van der Waals surface area contributed by atoms with Gasteiger partial charge in [0.1, 0.15) is 0 Å². The molecular weight excluding hydrogens is 300 g/mol. The summed E-state index contributed by atoms with van der Waals surface area (Å²) in [5.41, 5.74) is 2.66. The first-order chi connectivity index (χ1) is 9.45. The summed E-state index contributed by atoms with van der Waals surface area (Å²) >= 11 is 6.42. The summed E-state index contributed by atoms with van der Waals surface area (Å²) in [6, 6.07) is 0. The number of amidine groups is 1. The third-order valence-corrected chi connectivity index (χ3v) is 3.70. The Morgan fingerprint density at radius 1 is 1.65 bits per heavy atom. The largest absolute Gasteiger partial charge is 0.336 e. The fraction of sp³-hybridized carbons (Fsp3) is 0.545. The van der Waals surface area contributed by atoms with E-state index in [1.165, 1.54) is 30.9 Å². The van der Waals surface area contributed by atoms with Crippen LogP contribution in [0.25, 0.3) is 0 Å². The number of ether oxygens (including phenoxy) is 2. The Morgan fingerprint density at radius 2 is 2.30 bits per heavy atom. The van der Waals surface area contributed by atoms with Gasteiger partial charge in [-0.25, -0.2) is 0 Å². The summed E-state index contributed by atoms with van der Waals surface area (Å²) in [5.74, 6) is -0.681. The predicted molar refractivity (Wildman–Crippen MR) is 83.1 cm³/mol. The van der Waals surface area contributed by atoms with E-state index in [1.54, 1.807) is 13.0 Å². The third kappa shape index (κ3) is 4.44. The molecule has 1 aliphatic heterocycles. The quantitative estimate of drug-likeness (QED) is 0.319. The Balaban J connectivity index is 2.60. The van der Waals surface area contributed by atoms with Crippen molar-refractivity contribution in [2.24, 2.45) is 5.10 Å². The van der Waals surface area contributed by atoms with E-state index in [2.05, 4.69) is 22.4 Å². The van der Waals surface area contributed by atoms with Crippen LogP contribution in [0.3, 0.4) is 0 Å². The predicted octanol–water partition coefficient (Wildman–Crippen LogP) is 0.449. The van der Waals surface area contributed by atoms with Crippen LogP contribution in [0, 0.1) is 0 Å². The van der Waals surface area contributed by atoms with Crippen molar-refractivity contribution in [3.63, 3.8) is 0 Å². The maximum atomic E-state index is 11.6. The molecule has 1 fully saturated rings. The number of carbonyl (C=O) groups is 1. The molecule has 2 N–H and O–H groups in total. The molecule has 0 aromatic carbocycles. The number of carbonyl (C=O) groups excluding carboxylic acids is 1. The number of hydrogen-bond acceptors (Lipinski definition) is 6. The molecule has 0 atom stereocenters. The standard InChI is InChI=1S/C11H18N4O3S2/c1-5-6-15-8(16)7-20-10(15)14-13-9(19)12-11(2,17-3)18-4/h5H,1,6-7H2,2-4H3,(H2,12,13,19)/b14-10-. The van der Waals surface area contributed by atoms with Crippen LogP contribution in [0.5, 0.6) is 0 Å². The second-order valence-corrected chi connectivity index (χ2v) is 5.25. The highest BCUT2D eigenvalue weighted by Crippen LogP contribution is 2.18. The number of nitrogens with one attached hydrogen (secondary N) is 2. The topological polar surface area (TPSA) is 75.2 Å². The number of hydrogen-bond donors (Lipinski definition) is 2. The Morgan fingerprint density at radius 3 is 2.85 bits per heavy atom. The van der Waals surface area contributed by atoms with E-state index in [1.807, 2.05) is 0 Å². The summed E-state index contributed by atoms with van der Waals surface area (Å²) < 4.78 is 10.2. The Labute approximate surface area is 127 Å². The van der Waals surface area contributed by atoms with Crippen molar-refractivity contribution >= 4 is 40.2 Å². The fourth-order valence-corrected chi connectivity index (χ4v) is 2.39. The van der Waals surface area contributed by atoms with Crippen molar-refractivity contribution in [3.8, 4) is 0 Å². The zero-order valence-corrected chi connectivity index (χ0v) is 13.3. The lowest BCUT2D eigenvalue weighted by molar-refractivity contribution is -0.203. The molecule has 1 aliphatic rings. The molecule has 0 bridgehead atoms. The number of nitrogens with zero attached hydrogens (tertiary/aromatic N) is 2. The molecule has 0 aromatic heterocycles. The van der Waals surface area contributed by atoms with Gasteiger partial charge >= 0.3 is 0 Å². The van der Waals surface area contributed by atoms with Crippen molar-refractivity contribution in [2.45, 2.75) is 12.8 Å². The van der Waals surface area contributed by atoms with Gasteiger partial charge in [0.2, 0.25) is 11.8 Å². The first kappa shape index (κ1) is 16.9. The van der Waals surface area contributed by atoms with Crippen LogP contribution < -0.4 is 10.7 Å². The second kappa shape index (κ2) is 7.58. The lowest BCUT2D eigenvalue weighted by Crippen LogP contribution is -2.51. The normalized spacial score (nSPS) is 17.4. The lowest BCUT2D eigenvalue weighted by Gasteiger charge is -2.28. The van der Waals surface area contributed by atoms with E-state index in [-0.39, 0.29) is 11.0 Å². The molecule has 9 heteroatoms. The second-order valence-electron chi connectivity index (χ2n) is 3.90. The van der Waals surface area contributed by atoms with Gasteiger partial charge < -0.3 is 14.8 Å². The molecule has 0 saturated carbocycles. The summed E-state index contributed by atoms with van der Waals surface area (Å²) in [4.78, 5) is 13.1. The van der Waals surface area contributed by atoms with E-state index < -0.39 is 5.91 Å². The highest BCUT2D eigenvalue weighted by atomic mass is 32.2. The SMILES string of the molecule is C=CCN1C(=O)CS/C1=N\NC(=S)NC(C)(OC)OC. The van der Waals surface area contributed by atoms with Crippen LogP contribution in [0.2, 0.25) is 0 Å². The molecule has 1 rings (SSSR count). The summed E-state index contributed by atoms with van der Waals surface area (Å²) in [6.07, 6.45) is 1.64. The number of amides is 1. The van der Waals surface area contributed by atoms with Gasteiger partial charge in [0.25, 0.3) is 0 Å². The van der Waals surface area contributed by atoms with Gasteiger partial charge in [0, 0.05) is 27.7 Å². The number of methoxy groups -OCH3 is 2. The van der Waals surface area contributed by atoms with Crippen molar-refractivity contribution in [3.05, 3.63) is 12.7 Å². The highest BCUT2D eigenvalue weighted by Gasteiger charge is 2.28. The molecule has 0 aliphatic carbocycles. The zero-order chi connectivity index (χ0) is 15.2.